The fraction of sp³-hybridized carbons (Fsp3) is 0.429. The second-order valence-corrected chi connectivity index (χ2v) is 5.29. The summed E-state index contributed by atoms with van der Waals surface area (Å²) in [7, 11) is 0. The SMILES string of the molecule is O=c1c2cc([N+](=O)[O-])ccc2ncn1CCCCCCS. The molecule has 0 N–H and O–H groups in total. The summed E-state index contributed by atoms with van der Waals surface area (Å²) in [5.74, 6) is 0.876. The molecule has 0 saturated heterocycles. The molecule has 0 bridgehead atoms. The van der Waals surface area contributed by atoms with Gasteiger partial charge in [-0.15, -0.1) is 0 Å². The number of fused-ring (bicyclic) bond motifs is 1. The van der Waals surface area contributed by atoms with E-state index >= 15 is 0 Å². The second kappa shape index (κ2) is 7.21. The van der Waals surface area contributed by atoms with Crippen molar-refractivity contribution >= 4 is 29.2 Å². The molecule has 1 aromatic heterocycles. The maximum absolute atomic E-state index is 12.3. The predicted molar refractivity (Wildman–Crippen MR) is 85.0 cm³/mol. The summed E-state index contributed by atoms with van der Waals surface area (Å²) in [6, 6.07) is 4.16. The number of unbranched alkanes of at least 4 members (excludes halogenated alkanes) is 3. The summed E-state index contributed by atoms with van der Waals surface area (Å²) in [5.41, 5.74) is 0.169. The first-order valence-corrected chi connectivity index (χ1v) is 7.51. The third kappa shape index (κ3) is 3.81. The molecule has 0 fully saturated rings. The van der Waals surface area contributed by atoms with E-state index in [1.54, 1.807) is 0 Å². The molecule has 1 heterocycles. The smallest absolute Gasteiger partial charge is 0.270 e. The van der Waals surface area contributed by atoms with Crippen molar-refractivity contribution in [3.8, 4) is 0 Å². The van der Waals surface area contributed by atoms with E-state index in [1.807, 2.05) is 0 Å². The van der Waals surface area contributed by atoms with Crippen molar-refractivity contribution in [2.24, 2.45) is 0 Å². The Morgan fingerprint density at radius 2 is 2.00 bits per heavy atom. The Morgan fingerprint density at radius 3 is 2.71 bits per heavy atom. The number of non-ortho nitro benzene ring substituents is 1. The van der Waals surface area contributed by atoms with E-state index in [-0.39, 0.29) is 11.2 Å². The molecule has 0 aliphatic carbocycles. The lowest BCUT2D eigenvalue weighted by Gasteiger charge is -2.06. The highest BCUT2D eigenvalue weighted by atomic mass is 32.1. The Morgan fingerprint density at radius 1 is 1.24 bits per heavy atom. The Bertz CT molecular complexity index is 699. The zero-order valence-electron chi connectivity index (χ0n) is 11.6. The third-order valence-corrected chi connectivity index (χ3v) is 3.64. The molecule has 0 amide bonds. The van der Waals surface area contributed by atoms with Crippen LogP contribution < -0.4 is 5.56 Å². The molecule has 2 rings (SSSR count). The molecule has 0 aliphatic heterocycles. The second-order valence-electron chi connectivity index (χ2n) is 4.84. The standard InChI is InChI=1S/C14H17N3O3S/c18-14-12-9-11(17(19)20)5-6-13(12)15-10-16(14)7-3-1-2-4-8-21/h5-6,9-10,21H,1-4,7-8H2. The van der Waals surface area contributed by atoms with Gasteiger partial charge in [0, 0.05) is 18.7 Å². The number of nitrogens with zero attached hydrogens (tertiary/aromatic N) is 3. The number of benzene rings is 1. The largest absolute Gasteiger partial charge is 0.299 e. The zero-order valence-corrected chi connectivity index (χ0v) is 12.5. The van der Waals surface area contributed by atoms with E-state index in [1.165, 1.54) is 29.1 Å². The van der Waals surface area contributed by atoms with Gasteiger partial charge in [-0.2, -0.15) is 12.6 Å². The summed E-state index contributed by atoms with van der Waals surface area (Å²) >= 11 is 4.16. The van der Waals surface area contributed by atoms with Crippen LogP contribution in [-0.2, 0) is 6.54 Å². The van der Waals surface area contributed by atoms with E-state index in [4.69, 9.17) is 0 Å². The molecule has 21 heavy (non-hydrogen) atoms. The van der Waals surface area contributed by atoms with Crippen molar-refractivity contribution in [2.45, 2.75) is 32.2 Å². The summed E-state index contributed by atoms with van der Waals surface area (Å²) in [6.07, 6.45) is 5.58. The van der Waals surface area contributed by atoms with Gasteiger partial charge in [0.05, 0.1) is 22.2 Å². The van der Waals surface area contributed by atoms with E-state index < -0.39 is 4.92 Å². The number of hydrogen-bond acceptors (Lipinski definition) is 5. The zero-order chi connectivity index (χ0) is 15.2. The molecule has 0 spiro atoms. The fourth-order valence-electron chi connectivity index (χ4n) is 2.17. The molecule has 7 heteroatoms. The Labute approximate surface area is 127 Å². The summed E-state index contributed by atoms with van der Waals surface area (Å²) < 4.78 is 1.52. The molecular formula is C14H17N3O3S. The molecule has 0 atom stereocenters. The minimum Gasteiger partial charge on any atom is -0.299 e. The molecule has 0 radical (unpaired) electrons. The predicted octanol–water partition coefficient (Wildman–Crippen LogP) is 2.79. The molecule has 112 valence electrons. The number of rotatable bonds is 7. The lowest BCUT2D eigenvalue weighted by molar-refractivity contribution is -0.384. The van der Waals surface area contributed by atoms with Gasteiger partial charge in [0.2, 0.25) is 0 Å². The maximum atomic E-state index is 12.3. The van der Waals surface area contributed by atoms with Gasteiger partial charge >= 0.3 is 0 Å². The fourth-order valence-corrected chi connectivity index (χ4v) is 2.39. The van der Waals surface area contributed by atoms with Crippen LogP contribution in [0, 0.1) is 10.1 Å². The van der Waals surface area contributed by atoms with Gasteiger partial charge < -0.3 is 0 Å². The molecule has 1 aromatic carbocycles. The van der Waals surface area contributed by atoms with Crippen molar-refractivity contribution in [1.29, 1.82) is 0 Å². The van der Waals surface area contributed by atoms with Gasteiger partial charge in [-0.25, -0.2) is 4.98 Å². The van der Waals surface area contributed by atoms with Gasteiger partial charge in [-0.05, 0) is 24.7 Å². The van der Waals surface area contributed by atoms with Crippen LogP contribution in [0.15, 0.2) is 29.3 Å². The minimum absolute atomic E-state index is 0.0899. The monoisotopic (exact) mass is 307 g/mol. The average Bonchev–Trinajstić information content (AvgIpc) is 2.49. The summed E-state index contributed by atoms with van der Waals surface area (Å²) in [6.45, 7) is 0.580. The van der Waals surface area contributed by atoms with Crippen LogP contribution in [0.1, 0.15) is 25.7 Å². The van der Waals surface area contributed by atoms with Crippen LogP contribution in [-0.4, -0.2) is 20.2 Å². The first-order valence-electron chi connectivity index (χ1n) is 6.88. The van der Waals surface area contributed by atoms with Crippen LogP contribution in [0.4, 0.5) is 5.69 Å². The van der Waals surface area contributed by atoms with Gasteiger partial charge in [0.15, 0.2) is 0 Å². The first-order chi connectivity index (χ1) is 10.1. The van der Waals surface area contributed by atoms with Crippen LogP contribution in [0.3, 0.4) is 0 Å². The van der Waals surface area contributed by atoms with Gasteiger partial charge in [-0.1, -0.05) is 12.8 Å². The first kappa shape index (κ1) is 15.5. The highest BCUT2D eigenvalue weighted by Gasteiger charge is 2.10. The number of aryl methyl sites for hydroxylation is 1. The topological polar surface area (TPSA) is 78.0 Å². The van der Waals surface area contributed by atoms with Crippen molar-refractivity contribution < 1.29 is 4.92 Å². The van der Waals surface area contributed by atoms with Crippen molar-refractivity contribution in [1.82, 2.24) is 9.55 Å². The maximum Gasteiger partial charge on any atom is 0.270 e. The van der Waals surface area contributed by atoms with Crippen molar-refractivity contribution in [2.75, 3.05) is 5.75 Å². The average molecular weight is 307 g/mol. The third-order valence-electron chi connectivity index (χ3n) is 3.33. The Kier molecular flexibility index (Phi) is 5.32. The summed E-state index contributed by atoms with van der Waals surface area (Å²) in [5, 5.41) is 11.1. The minimum atomic E-state index is -0.506. The number of aromatic nitrogens is 2. The Balaban J connectivity index is 2.20. The Hall–Kier alpha value is -1.89. The lowest BCUT2D eigenvalue weighted by Crippen LogP contribution is -2.20. The van der Waals surface area contributed by atoms with Crippen LogP contribution in [0.5, 0.6) is 0 Å². The molecule has 6 nitrogen and oxygen atoms in total. The molecule has 0 saturated carbocycles. The number of nitro groups is 1. The number of nitro benzene ring substituents is 1. The summed E-state index contributed by atoms with van der Waals surface area (Å²) in [4.78, 5) is 26.8. The van der Waals surface area contributed by atoms with Crippen molar-refractivity contribution in [3.05, 3.63) is 45.0 Å². The van der Waals surface area contributed by atoms with E-state index in [9.17, 15) is 14.9 Å². The van der Waals surface area contributed by atoms with E-state index in [2.05, 4.69) is 17.6 Å². The van der Waals surface area contributed by atoms with Gasteiger partial charge in [0.25, 0.3) is 11.2 Å². The highest BCUT2D eigenvalue weighted by Crippen LogP contribution is 2.16. The molecule has 2 aromatic rings. The quantitative estimate of drug-likeness (QED) is 0.369. The van der Waals surface area contributed by atoms with Crippen LogP contribution in [0.2, 0.25) is 0 Å². The van der Waals surface area contributed by atoms with Crippen molar-refractivity contribution in [3.63, 3.8) is 0 Å². The van der Waals surface area contributed by atoms with Crippen LogP contribution in [0.25, 0.3) is 10.9 Å². The van der Waals surface area contributed by atoms with Gasteiger partial charge in [0.1, 0.15) is 0 Å². The highest BCUT2D eigenvalue weighted by molar-refractivity contribution is 7.80. The number of thiol groups is 1. The van der Waals surface area contributed by atoms with Gasteiger partial charge in [-0.3, -0.25) is 19.5 Å². The lowest BCUT2D eigenvalue weighted by atomic mass is 10.2. The molecule has 0 unspecified atom stereocenters. The van der Waals surface area contributed by atoms with Crippen LogP contribution >= 0.6 is 12.6 Å². The van der Waals surface area contributed by atoms with E-state index in [0.29, 0.717) is 17.4 Å². The van der Waals surface area contributed by atoms with E-state index in [0.717, 1.165) is 31.4 Å². The molecular weight excluding hydrogens is 290 g/mol. The normalized spacial score (nSPS) is 10.9. The molecule has 0 aliphatic rings. The number of hydrogen-bond donors (Lipinski definition) is 1.